The van der Waals surface area contributed by atoms with Gasteiger partial charge in [0, 0.05) is 12.7 Å². The Kier molecular flexibility index (Phi) is 2.26. The molecule has 0 aromatic carbocycles. The fourth-order valence-electron chi connectivity index (χ4n) is 2.51. The highest BCUT2D eigenvalue weighted by molar-refractivity contribution is 5.96. The lowest BCUT2D eigenvalue weighted by atomic mass is 9.99. The third-order valence-corrected chi connectivity index (χ3v) is 3.48. The number of carbonyl (C=O) groups is 2. The van der Waals surface area contributed by atoms with Gasteiger partial charge in [0.15, 0.2) is 0 Å². The van der Waals surface area contributed by atoms with E-state index in [2.05, 4.69) is 22.2 Å². The second kappa shape index (κ2) is 4.08. The van der Waals surface area contributed by atoms with E-state index in [4.69, 9.17) is 1.37 Å². The first-order valence-electron chi connectivity index (χ1n) is 6.51. The normalized spacial score (nSPS) is 26.3. The Labute approximate surface area is 111 Å². The van der Waals surface area contributed by atoms with Crippen molar-refractivity contribution in [2.45, 2.75) is 12.0 Å². The van der Waals surface area contributed by atoms with Crippen LogP contribution in [0, 0.1) is 0 Å². The van der Waals surface area contributed by atoms with Gasteiger partial charge in [0.25, 0.3) is 11.8 Å². The number of aromatic nitrogens is 1. The second-order valence-corrected chi connectivity index (χ2v) is 4.76. The van der Waals surface area contributed by atoms with Gasteiger partial charge in [0.05, 0.1) is 13.7 Å². The van der Waals surface area contributed by atoms with E-state index in [0.29, 0.717) is 25.3 Å². The second-order valence-electron chi connectivity index (χ2n) is 4.76. The first kappa shape index (κ1) is 10.5. The Bertz CT molecular complexity index is 601. The molecule has 0 aliphatic carbocycles. The van der Waals surface area contributed by atoms with E-state index in [9.17, 15) is 9.59 Å². The lowest BCUT2D eigenvalue weighted by molar-refractivity contribution is -0.123. The van der Waals surface area contributed by atoms with Crippen molar-refractivity contribution >= 4 is 11.8 Å². The van der Waals surface area contributed by atoms with Crippen molar-refractivity contribution in [3.8, 4) is 0 Å². The summed E-state index contributed by atoms with van der Waals surface area (Å²) in [5, 5.41) is 5.66. The van der Waals surface area contributed by atoms with E-state index in [1.54, 1.807) is 4.90 Å². The Balaban J connectivity index is 1.77. The molecule has 98 valence electrons. The first-order chi connectivity index (χ1) is 9.50. The number of amides is 2. The Morgan fingerprint density at radius 1 is 1.63 bits per heavy atom. The summed E-state index contributed by atoms with van der Waals surface area (Å²) in [5.41, 5.74) is -0.475. The highest BCUT2D eigenvalue weighted by Gasteiger charge is 2.50. The zero-order valence-electron chi connectivity index (χ0n) is 11.3. The van der Waals surface area contributed by atoms with Crippen molar-refractivity contribution < 1.29 is 11.0 Å². The van der Waals surface area contributed by atoms with E-state index in [0.717, 1.165) is 0 Å². The Morgan fingerprint density at radius 2 is 2.47 bits per heavy atom. The van der Waals surface area contributed by atoms with Gasteiger partial charge in [-0.3, -0.25) is 14.6 Å². The summed E-state index contributed by atoms with van der Waals surface area (Å²) in [7, 11) is 0. The molecule has 6 nitrogen and oxygen atoms in total. The van der Waals surface area contributed by atoms with Crippen LogP contribution in [0.1, 0.15) is 18.3 Å². The molecule has 1 aromatic rings. The van der Waals surface area contributed by atoms with Crippen LogP contribution in [0.5, 0.6) is 0 Å². The van der Waals surface area contributed by atoms with Crippen molar-refractivity contribution in [3.05, 3.63) is 42.5 Å². The summed E-state index contributed by atoms with van der Waals surface area (Å²) in [5.74, 6) is 0.0993. The molecule has 2 amide bonds. The summed E-state index contributed by atoms with van der Waals surface area (Å²) in [4.78, 5) is 29.8. The van der Waals surface area contributed by atoms with E-state index in [-0.39, 0.29) is 23.6 Å². The molecule has 19 heavy (non-hydrogen) atoms. The van der Waals surface area contributed by atoms with Crippen molar-refractivity contribution in [1.29, 1.82) is 0 Å². The minimum absolute atomic E-state index is 0.146. The number of nitrogens with one attached hydrogen (secondary N) is 2. The summed E-state index contributed by atoms with van der Waals surface area (Å²) in [6.45, 7) is 4.46. The minimum atomic E-state index is -0.762. The van der Waals surface area contributed by atoms with Crippen LogP contribution in [0.15, 0.2) is 36.8 Å². The summed E-state index contributed by atoms with van der Waals surface area (Å²) in [6.07, 6.45) is 1.88. The van der Waals surface area contributed by atoms with E-state index < -0.39 is 5.54 Å². The van der Waals surface area contributed by atoms with E-state index in [1.165, 1.54) is 18.3 Å². The molecule has 0 bridgehead atoms. The van der Waals surface area contributed by atoms with Crippen LogP contribution in [-0.4, -0.2) is 40.3 Å². The smallest absolute Gasteiger partial charge is 0.272 e. The van der Waals surface area contributed by atoms with Crippen LogP contribution in [0.3, 0.4) is 0 Å². The molecule has 2 aliphatic heterocycles. The van der Waals surface area contributed by atoms with Crippen molar-refractivity contribution in [2.24, 2.45) is 0 Å². The van der Waals surface area contributed by atoms with Crippen LogP contribution < -0.4 is 10.6 Å². The highest BCUT2D eigenvalue weighted by atomic mass is 16.2. The van der Waals surface area contributed by atoms with Gasteiger partial charge in [-0.2, -0.15) is 0 Å². The lowest BCUT2D eigenvalue weighted by Crippen LogP contribution is -2.49. The molecule has 6 heteroatoms. The van der Waals surface area contributed by atoms with Gasteiger partial charge in [-0.1, -0.05) is 12.6 Å². The number of pyridine rings is 1. The van der Waals surface area contributed by atoms with Crippen LogP contribution in [0.25, 0.3) is 0 Å². The lowest BCUT2D eigenvalue weighted by Gasteiger charge is -2.21. The van der Waals surface area contributed by atoms with Crippen molar-refractivity contribution in [3.63, 3.8) is 0 Å². The SMILES string of the molecule is [3H]c1ccc(C(=O)N2CCC3(C2)NC(=C)NC3=O)nc1. The maximum Gasteiger partial charge on any atom is 0.272 e. The zero-order chi connectivity index (χ0) is 14.3. The molecule has 2 N–H and O–H groups in total. The molecule has 1 atom stereocenters. The standard InChI is InChI=1S/C13H14N4O2/c1-9-15-12(19)13(16-9)5-7-17(8-13)11(18)10-4-2-3-6-14-10/h2-4,6,16H,1,5,7-8H2,(H,15,19)/i3T. The number of rotatable bonds is 1. The molecule has 2 fully saturated rings. The third kappa shape index (κ3) is 1.85. The first-order valence-corrected chi connectivity index (χ1v) is 6.01. The Hall–Kier alpha value is -2.37. The molecule has 0 saturated carbocycles. The number of nitrogens with zero attached hydrogens (tertiary/aromatic N) is 2. The molecule has 0 radical (unpaired) electrons. The maximum absolute atomic E-state index is 12.3. The van der Waals surface area contributed by atoms with Gasteiger partial charge in [0.2, 0.25) is 0 Å². The molecule has 3 rings (SSSR count). The molecule has 2 saturated heterocycles. The zero-order valence-corrected chi connectivity index (χ0v) is 10.3. The van der Waals surface area contributed by atoms with Crippen LogP contribution in [0.4, 0.5) is 0 Å². The molecule has 2 aliphatic rings. The van der Waals surface area contributed by atoms with Gasteiger partial charge < -0.3 is 15.5 Å². The van der Waals surface area contributed by atoms with Crippen molar-refractivity contribution in [2.75, 3.05) is 13.1 Å². The predicted molar refractivity (Wildman–Crippen MR) is 67.9 cm³/mol. The maximum atomic E-state index is 12.3. The fraction of sp³-hybridized carbons (Fsp3) is 0.308. The van der Waals surface area contributed by atoms with Gasteiger partial charge >= 0.3 is 0 Å². The molecule has 1 spiro atoms. The summed E-state index contributed by atoms with van der Waals surface area (Å²) in [6, 6.07) is 3.30. The predicted octanol–water partition coefficient (Wildman–Crippen LogP) is -0.143. The average molecular weight is 260 g/mol. The topological polar surface area (TPSA) is 74.3 Å². The summed E-state index contributed by atoms with van der Waals surface area (Å²) < 4.78 is 7.36. The van der Waals surface area contributed by atoms with Crippen molar-refractivity contribution in [1.82, 2.24) is 20.5 Å². The number of likely N-dealkylation sites (tertiary alicyclic amines) is 1. The Morgan fingerprint density at radius 3 is 3.11 bits per heavy atom. The molecule has 1 unspecified atom stereocenters. The molecule has 3 heterocycles. The van der Waals surface area contributed by atoms with Crippen LogP contribution >= 0.6 is 0 Å². The number of carbonyl (C=O) groups excluding carboxylic acids is 2. The molecule has 1 aromatic heterocycles. The number of hydrogen-bond acceptors (Lipinski definition) is 4. The molecular formula is C13H14N4O2. The fourth-order valence-corrected chi connectivity index (χ4v) is 2.51. The minimum Gasteiger partial charge on any atom is -0.356 e. The molecular weight excluding hydrogens is 244 g/mol. The quantitative estimate of drug-likeness (QED) is 0.737. The third-order valence-electron chi connectivity index (χ3n) is 3.48. The highest BCUT2D eigenvalue weighted by Crippen LogP contribution is 2.27. The largest absolute Gasteiger partial charge is 0.356 e. The van der Waals surface area contributed by atoms with E-state index >= 15 is 0 Å². The van der Waals surface area contributed by atoms with Gasteiger partial charge in [-0.25, -0.2) is 0 Å². The average Bonchev–Trinajstić information content (AvgIpc) is 2.95. The van der Waals surface area contributed by atoms with Gasteiger partial charge in [-0.15, -0.1) is 0 Å². The monoisotopic (exact) mass is 260 g/mol. The van der Waals surface area contributed by atoms with Gasteiger partial charge in [0.1, 0.15) is 11.2 Å². The van der Waals surface area contributed by atoms with Crippen LogP contribution in [-0.2, 0) is 4.79 Å². The van der Waals surface area contributed by atoms with E-state index in [1.807, 2.05) is 0 Å². The van der Waals surface area contributed by atoms with Gasteiger partial charge in [-0.05, 0) is 18.5 Å². The summed E-state index contributed by atoms with van der Waals surface area (Å²) >= 11 is 0. The number of hydrogen-bond donors (Lipinski definition) is 2. The van der Waals surface area contributed by atoms with Crippen LogP contribution in [0.2, 0.25) is 0 Å².